The molecule has 734 valence electrons. The zero-order valence-electron chi connectivity index (χ0n) is 75.6. The molecule has 6 aliphatic rings. The van der Waals surface area contributed by atoms with Gasteiger partial charge in [0.25, 0.3) is 0 Å². The lowest BCUT2D eigenvalue weighted by atomic mass is 9.93. The monoisotopic (exact) mass is 1950 g/mol. The number of alkyl halides is 15. The molecule has 0 saturated carbocycles. The molecule has 5 fully saturated rings. The van der Waals surface area contributed by atoms with Crippen molar-refractivity contribution in [1.82, 2.24) is 127 Å². The van der Waals surface area contributed by atoms with Crippen molar-refractivity contribution in [3.63, 3.8) is 0 Å². The third-order valence-corrected chi connectivity index (χ3v) is 23.5. The predicted molar refractivity (Wildman–Crippen MR) is 479 cm³/mol. The third-order valence-electron chi connectivity index (χ3n) is 23.5. The molecule has 0 bridgehead atoms. The first kappa shape index (κ1) is 97.3. The summed E-state index contributed by atoms with van der Waals surface area (Å²) in [7, 11) is 3.67. The van der Waals surface area contributed by atoms with Crippen LogP contribution in [0.3, 0.4) is 0 Å². The quantitative estimate of drug-likeness (QED) is 0.0860. The van der Waals surface area contributed by atoms with Gasteiger partial charge in [-0.3, -0.25) is 27.0 Å². The summed E-state index contributed by atoms with van der Waals surface area (Å²) in [6.45, 7) is 19.1. The molecule has 15 aromatic heterocycles. The van der Waals surface area contributed by atoms with E-state index in [4.69, 9.17) is 18.9 Å². The second-order valence-corrected chi connectivity index (χ2v) is 33.3. The zero-order chi connectivity index (χ0) is 98.5. The van der Waals surface area contributed by atoms with Gasteiger partial charge in [0.1, 0.15) is 57.6 Å². The number of aromatic nitrogens is 25. The van der Waals surface area contributed by atoms with Crippen molar-refractivity contribution in [3.05, 3.63) is 195 Å². The van der Waals surface area contributed by atoms with Gasteiger partial charge in [0, 0.05) is 159 Å². The standard InChI is InChI=1S/C20H18F3N7.2C18H19F3N6O.C17H17F3N6O2.C16H16F3N7/c21-20(22,23)16-12-30-15(9-27-18(30)10-26-16)19-25-7-5-17(28-19)29-8-2-3-13(11-29)14-4-1-6-24-14;2*1-3-12-9-26(8-11(2)28-12)15-4-5-22-17(25-15)13-6-24-16-7-23-14(10-27(13)16)18(19,20)21;1-27-10-11-8-25(4-5-28-11)14-2-3-21-16(24-14)12-6-23-15-7-22-13(9-26(12)15)17(18,19)20;1-24-4-6-25(7-5-24)13-2-3-20-15(23-13)11-8-22-14-9-21-12(10-26(11)14)16(17,18)19/h1,4-5,7,9-10,12-13H,2-3,6,8,11H2;2*4-7,10-12H,3,8-9H2,1-2H3;2-3,6-7,9,11H,4-5,8,10H2,1H3;2-3,8-10H,4-7H2,1H3. The first-order valence-electron chi connectivity index (χ1n) is 44.3. The van der Waals surface area contributed by atoms with Gasteiger partial charge >= 0.3 is 30.9 Å². The van der Waals surface area contributed by atoms with Crippen LogP contribution < -0.4 is 24.5 Å². The Hall–Kier alpha value is -14.3. The Morgan fingerprint density at radius 1 is 0.357 bits per heavy atom. The lowest BCUT2D eigenvalue weighted by molar-refractivity contribution is -0.142. The van der Waals surface area contributed by atoms with E-state index in [2.05, 4.69) is 162 Å². The van der Waals surface area contributed by atoms with Crippen LogP contribution in [-0.4, -0.2) is 275 Å². The highest BCUT2D eigenvalue weighted by atomic mass is 19.4. The zero-order valence-corrected chi connectivity index (χ0v) is 75.6. The van der Waals surface area contributed by atoms with E-state index in [1.807, 2.05) is 24.8 Å². The largest absolute Gasteiger partial charge is 0.434 e. The van der Waals surface area contributed by atoms with E-state index in [1.54, 1.807) is 62.4 Å². The van der Waals surface area contributed by atoms with Crippen molar-refractivity contribution in [3.8, 4) is 57.6 Å². The molecule has 0 aliphatic carbocycles. The number of fused-ring (bicyclic) bond motifs is 5. The molecule has 6 aliphatic heterocycles. The lowest BCUT2D eigenvalue weighted by Crippen LogP contribution is -2.46. The van der Waals surface area contributed by atoms with Gasteiger partial charge < -0.3 is 48.3 Å². The van der Waals surface area contributed by atoms with Gasteiger partial charge in [-0.15, -0.1) is 0 Å². The third kappa shape index (κ3) is 22.5. The predicted octanol–water partition coefficient (Wildman–Crippen LogP) is 13.9. The maximum Gasteiger partial charge on any atom is 0.434 e. The normalized spacial score (nSPS) is 19.1. The molecule has 51 heteroatoms. The number of ether oxygens (including phenoxy) is 4. The Kier molecular flexibility index (Phi) is 28.5. The molecule has 5 saturated heterocycles. The summed E-state index contributed by atoms with van der Waals surface area (Å²) >= 11 is 0. The number of piperidine rings is 1. The van der Waals surface area contributed by atoms with Crippen LogP contribution in [0.1, 0.15) is 81.8 Å². The molecule has 6 unspecified atom stereocenters. The molecule has 0 N–H and O–H groups in total. The fourth-order valence-corrected chi connectivity index (χ4v) is 16.5. The number of anilines is 5. The van der Waals surface area contributed by atoms with E-state index in [9.17, 15) is 65.9 Å². The molecule has 6 atom stereocenters. The van der Waals surface area contributed by atoms with Gasteiger partial charge in [0.2, 0.25) is 0 Å². The van der Waals surface area contributed by atoms with E-state index in [1.165, 1.54) is 53.0 Å². The number of hydrogen-bond donors (Lipinski definition) is 0. The van der Waals surface area contributed by atoms with Gasteiger partial charge in [0.05, 0.1) is 112 Å². The number of allylic oxidation sites excluding steroid dienone is 1. The number of likely N-dealkylation sites (N-methyl/N-ethyl adjacent to an activating group) is 1. The van der Waals surface area contributed by atoms with Gasteiger partial charge in [-0.1, -0.05) is 19.9 Å². The van der Waals surface area contributed by atoms with Crippen molar-refractivity contribution < 1.29 is 84.8 Å². The number of hydrogen-bond acceptors (Lipinski definition) is 31. The first-order valence-corrected chi connectivity index (χ1v) is 44.3. The highest BCUT2D eigenvalue weighted by Gasteiger charge is 2.40. The summed E-state index contributed by atoms with van der Waals surface area (Å²) in [5, 5.41) is 0. The van der Waals surface area contributed by atoms with Crippen LogP contribution in [0, 0.1) is 5.92 Å². The second kappa shape index (κ2) is 41.0. The van der Waals surface area contributed by atoms with E-state index < -0.39 is 59.4 Å². The molecule has 21 heterocycles. The SMILES string of the molecule is CCC1CN(c2ccnc(-c3cnc4cnc(C(F)(F)F)cn34)n2)CC(C)O1.CCC1CN(c2ccnc(-c3cnc4cnc(C(F)(F)F)cn34)n2)CC(C)O1.CN1CCN(c2ccnc(-c3cnc4cnc(C(F)(F)F)cn34)n2)CC1.COCC1CN(c2ccnc(-c3cnc4cnc(C(F)(F)F)cn34)n2)CCO1.FC(F)(F)c1cn2c(-c3nccc(N4CCCC(C5=NCC=C5)C4)n3)cnc2cn1. The number of nitrogens with zero attached hydrogens (tertiary/aromatic N) is 32. The topological polar surface area (TPSA) is 349 Å². The van der Waals surface area contributed by atoms with E-state index in [0.29, 0.717) is 150 Å². The number of imidazole rings is 5. The van der Waals surface area contributed by atoms with Crippen LogP contribution in [0.5, 0.6) is 0 Å². The van der Waals surface area contributed by atoms with Gasteiger partial charge in [-0.2, -0.15) is 65.9 Å². The molecule has 0 radical (unpaired) electrons. The Balaban J connectivity index is 0.000000121. The molecule has 21 rings (SSSR count). The van der Waals surface area contributed by atoms with Crippen LogP contribution >= 0.6 is 0 Å². The fraction of sp³-hybridized carbons (Fsp3) is 0.404. The second-order valence-electron chi connectivity index (χ2n) is 33.3. The van der Waals surface area contributed by atoms with Crippen molar-refractivity contribution in [2.24, 2.45) is 10.9 Å². The molecule has 140 heavy (non-hydrogen) atoms. The maximum absolute atomic E-state index is 13.1. The molecule has 0 spiro atoms. The minimum atomic E-state index is -4.55. The van der Waals surface area contributed by atoms with Crippen LogP contribution in [0.2, 0.25) is 0 Å². The van der Waals surface area contributed by atoms with Gasteiger partial charge in [-0.05, 0) is 83.0 Å². The van der Waals surface area contributed by atoms with Crippen molar-refractivity contribution >= 4 is 63.0 Å². The van der Waals surface area contributed by atoms with Crippen molar-refractivity contribution in [1.29, 1.82) is 0 Å². The number of rotatable bonds is 15. The average molecular weight is 1960 g/mol. The lowest BCUT2D eigenvalue weighted by Gasteiger charge is -2.37. The Morgan fingerprint density at radius 3 is 0.979 bits per heavy atom. The molecule has 0 amide bonds. The highest BCUT2D eigenvalue weighted by Crippen LogP contribution is 2.37. The van der Waals surface area contributed by atoms with Crippen LogP contribution in [0.15, 0.2) is 171 Å². The van der Waals surface area contributed by atoms with E-state index in [0.717, 1.165) is 151 Å². The Labute approximate surface area is 786 Å². The Bertz CT molecular complexity index is 6760. The minimum Gasteiger partial charge on any atom is -0.382 e. The molecule has 0 aromatic carbocycles. The number of aliphatic imine (C=N–C) groups is 1. The van der Waals surface area contributed by atoms with E-state index >= 15 is 0 Å². The number of piperazine rings is 1. The molecule has 36 nitrogen and oxygen atoms in total. The minimum absolute atomic E-state index is 0.0633. The highest BCUT2D eigenvalue weighted by molar-refractivity contribution is 5.99. The van der Waals surface area contributed by atoms with Gasteiger partial charge in [-0.25, -0.2) is 99.7 Å². The van der Waals surface area contributed by atoms with Gasteiger partial charge in [0.15, 0.2) is 85.8 Å². The summed E-state index contributed by atoms with van der Waals surface area (Å²) in [5.41, 5.74) is -0.496. The summed E-state index contributed by atoms with van der Waals surface area (Å²) in [4.78, 5) is 99.2. The number of methoxy groups -OCH3 is 1. The summed E-state index contributed by atoms with van der Waals surface area (Å²) in [6.07, 6.45) is 10.9. The van der Waals surface area contributed by atoms with E-state index in [-0.39, 0.29) is 42.0 Å². The summed E-state index contributed by atoms with van der Waals surface area (Å²) in [5.74, 6) is 5.45. The Morgan fingerprint density at radius 2 is 0.671 bits per heavy atom. The van der Waals surface area contributed by atoms with Crippen molar-refractivity contribution in [2.75, 3.05) is 137 Å². The van der Waals surface area contributed by atoms with Crippen LogP contribution in [0.4, 0.5) is 94.9 Å². The smallest absolute Gasteiger partial charge is 0.382 e. The van der Waals surface area contributed by atoms with Crippen LogP contribution in [-0.2, 0) is 49.8 Å². The van der Waals surface area contributed by atoms with Crippen LogP contribution in [0.25, 0.3) is 85.8 Å². The maximum atomic E-state index is 13.1. The average Bonchev–Trinajstić information content (AvgIpc) is 1.74. The number of halogens is 15. The molecule has 15 aromatic rings. The molecular weight excluding hydrogens is 1870 g/mol. The summed E-state index contributed by atoms with van der Waals surface area (Å²) < 4.78 is 224. The molecular formula is C89H89F15N32O4. The van der Waals surface area contributed by atoms with Crippen molar-refractivity contribution in [2.45, 2.75) is 115 Å². The fourth-order valence-electron chi connectivity index (χ4n) is 16.5. The summed E-state index contributed by atoms with van der Waals surface area (Å²) in [6, 6.07) is 8.97. The first-order chi connectivity index (χ1) is 67.0. The number of morpholine rings is 3.